The number of aliphatic hydroxyl groups excluding tert-OH is 1. The van der Waals surface area contributed by atoms with Gasteiger partial charge in [-0.3, -0.25) is 0 Å². The van der Waals surface area contributed by atoms with Crippen molar-refractivity contribution in [2.24, 2.45) is 0 Å². The number of β-amino-alcohol motifs (C(OH)–C–C–N with tert-alkyl or cyclic N) is 1. The van der Waals surface area contributed by atoms with Gasteiger partial charge in [-0.05, 0) is 31.2 Å². The van der Waals surface area contributed by atoms with Gasteiger partial charge in [-0.25, -0.2) is 4.79 Å². The van der Waals surface area contributed by atoms with Crippen LogP contribution in [-0.2, 0) is 4.74 Å². The van der Waals surface area contributed by atoms with E-state index in [0.717, 1.165) is 11.4 Å². The zero-order valence-corrected chi connectivity index (χ0v) is 13.7. The minimum atomic E-state index is -0.644. The molecule has 0 spiro atoms. The molecule has 0 unspecified atom stereocenters. The van der Waals surface area contributed by atoms with E-state index < -0.39 is 6.10 Å². The van der Waals surface area contributed by atoms with Crippen molar-refractivity contribution in [3.8, 4) is 0 Å². The quantitative estimate of drug-likeness (QED) is 0.938. The molecule has 1 saturated heterocycles. The van der Waals surface area contributed by atoms with E-state index in [1.165, 1.54) is 0 Å². The number of carbonyl (C=O) groups excluding carboxylic acids is 1. The molecule has 5 heteroatoms. The lowest BCUT2D eigenvalue weighted by Crippen LogP contribution is -2.40. The fourth-order valence-electron chi connectivity index (χ4n) is 3.10. The summed E-state index contributed by atoms with van der Waals surface area (Å²) in [6.07, 6.45) is -1.02. The summed E-state index contributed by atoms with van der Waals surface area (Å²) in [6, 6.07) is 19.6. The van der Waals surface area contributed by atoms with Crippen LogP contribution in [0.25, 0.3) is 0 Å². The van der Waals surface area contributed by atoms with Gasteiger partial charge in [0.1, 0.15) is 0 Å². The van der Waals surface area contributed by atoms with Crippen molar-refractivity contribution in [1.82, 2.24) is 4.90 Å². The molecule has 126 valence electrons. The van der Waals surface area contributed by atoms with Crippen molar-refractivity contribution >= 4 is 17.5 Å². The Balaban J connectivity index is 1.90. The molecule has 24 heavy (non-hydrogen) atoms. The van der Waals surface area contributed by atoms with Crippen LogP contribution in [0.1, 0.15) is 6.92 Å². The van der Waals surface area contributed by atoms with E-state index in [-0.39, 0.29) is 18.7 Å². The topological polar surface area (TPSA) is 53.0 Å². The lowest BCUT2D eigenvalue weighted by atomic mass is 10.1. The monoisotopic (exact) mass is 326 g/mol. The molecule has 0 radical (unpaired) electrons. The molecule has 2 atom stereocenters. The maximum absolute atomic E-state index is 12.0. The fraction of sp³-hybridized carbons (Fsp3) is 0.316. The lowest BCUT2D eigenvalue weighted by molar-refractivity contribution is 0.107. The van der Waals surface area contributed by atoms with Gasteiger partial charge in [0, 0.05) is 17.9 Å². The zero-order valence-electron chi connectivity index (χ0n) is 13.7. The van der Waals surface area contributed by atoms with Gasteiger partial charge in [0.15, 0.2) is 0 Å². The Morgan fingerprint density at radius 3 is 2.12 bits per heavy atom. The molecule has 2 aromatic rings. The highest BCUT2D eigenvalue weighted by Gasteiger charge is 2.39. The minimum Gasteiger partial charge on any atom is -0.450 e. The number of rotatable bonds is 4. The Morgan fingerprint density at radius 1 is 1.08 bits per heavy atom. The lowest BCUT2D eigenvalue weighted by Gasteiger charge is -2.32. The van der Waals surface area contributed by atoms with Crippen LogP contribution >= 0.6 is 0 Å². The summed E-state index contributed by atoms with van der Waals surface area (Å²) in [5, 5.41) is 10.6. The van der Waals surface area contributed by atoms with Gasteiger partial charge in [-0.1, -0.05) is 36.4 Å². The van der Waals surface area contributed by atoms with Gasteiger partial charge >= 0.3 is 6.09 Å². The molecule has 0 aromatic heterocycles. The molecular formula is C19H22N2O3. The summed E-state index contributed by atoms with van der Waals surface area (Å²) in [5.74, 6) is 0. The molecule has 1 aliphatic rings. The summed E-state index contributed by atoms with van der Waals surface area (Å²) in [6.45, 7) is 2.81. The second-order valence-electron chi connectivity index (χ2n) is 5.78. The van der Waals surface area contributed by atoms with Crippen molar-refractivity contribution in [1.29, 1.82) is 0 Å². The number of ether oxygens (including phenoxy) is 1. The molecule has 1 amide bonds. The summed E-state index contributed by atoms with van der Waals surface area (Å²) in [4.78, 5) is 15.7. The van der Waals surface area contributed by atoms with E-state index in [0.29, 0.717) is 13.2 Å². The predicted molar refractivity (Wildman–Crippen MR) is 93.4 cm³/mol. The van der Waals surface area contributed by atoms with Crippen LogP contribution in [0, 0.1) is 0 Å². The largest absolute Gasteiger partial charge is 0.450 e. The number of aliphatic hydroxyl groups is 1. The SMILES string of the molecule is CCOC(=O)N1C[C@@H](N(c2ccccc2)c2ccccc2)[C@@H](O)C1. The van der Waals surface area contributed by atoms with E-state index >= 15 is 0 Å². The van der Waals surface area contributed by atoms with Crippen LogP contribution in [0.5, 0.6) is 0 Å². The van der Waals surface area contributed by atoms with Crippen molar-refractivity contribution in [3.63, 3.8) is 0 Å². The number of hydrogen-bond donors (Lipinski definition) is 1. The minimum absolute atomic E-state index is 0.223. The van der Waals surface area contributed by atoms with Gasteiger partial charge in [-0.2, -0.15) is 0 Å². The maximum atomic E-state index is 12.0. The first-order valence-electron chi connectivity index (χ1n) is 8.19. The molecule has 2 aromatic carbocycles. The van der Waals surface area contributed by atoms with Crippen molar-refractivity contribution in [2.45, 2.75) is 19.1 Å². The molecule has 0 aliphatic carbocycles. The van der Waals surface area contributed by atoms with E-state index in [1.54, 1.807) is 11.8 Å². The van der Waals surface area contributed by atoms with Crippen LogP contribution in [0.4, 0.5) is 16.2 Å². The second-order valence-corrected chi connectivity index (χ2v) is 5.78. The van der Waals surface area contributed by atoms with Crippen LogP contribution in [0.3, 0.4) is 0 Å². The molecule has 3 rings (SSSR count). The van der Waals surface area contributed by atoms with Crippen molar-refractivity contribution in [2.75, 3.05) is 24.6 Å². The number of para-hydroxylation sites is 2. The van der Waals surface area contributed by atoms with Crippen LogP contribution in [0.15, 0.2) is 60.7 Å². The van der Waals surface area contributed by atoms with Crippen molar-refractivity contribution in [3.05, 3.63) is 60.7 Å². The van der Waals surface area contributed by atoms with Crippen LogP contribution in [-0.4, -0.2) is 47.9 Å². The first-order chi connectivity index (χ1) is 11.7. The molecule has 5 nitrogen and oxygen atoms in total. The number of benzene rings is 2. The Hall–Kier alpha value is -2.53. The van der Waals surface area contributed by atoms with Gasteiger partial charge in [0.2, 0.25) is 0 Å². The number of hydrogen-bond acceptors (Lipinski definition) is 4. The first kappa shape index (κ1) is 16.3. The third-order valence-electron chi connectivity index (χ3n) is 4.19. The third kappa shape index (κ3) is 3.36. The summed E-state index contributed by atoms with van der Waals surface area (Å²) in [7, 11) is 0. The number of anilines is 2. The summed E-state index contributed by atoms with van der Waals surface area (Å²) >= 11 is 0. The predicted octanol–water partition coefficient (Wildman–Crippen LogP) is 3.03. The Bertz CT molecular complexity index is 623. The van der Waals surface area contributed by atoms with Gasteiger partial charge < -0.3 is 19.6 Å². The standard InChI is InChI=1S/C19H22N2O3/c1-2-24-19(23)20-13-17(18(22)14-20)21(15-9-5-3-6-10-15)16-11-7-4-8-12-16/h3-12,17-18,22H,2,13-14H2,1H3/t17-,18+/m1/s1. The molecule has 1 heterocycles. The number of carbonyl (C=O) groups is 1. The van der Waals surface area contributed by atoms with Crippen LogP contribution in [0.2, 0.25) is 0 Å². The maximum Gasteiger partial charge on any atom is 0.409 e. The number of amides is 1. The van der Waals surface area contributed by atoms with E-state index in [4.69, 9.17) is 4.74 Å². The highest BCUT2D eigenvalue weighted by atomic mass is 16.6. The van der Waals surface area contributed by atoms with Gasteiger partial charge in [-0.15, -0.1) is 0 Å². The summed E-state index contributed by atoms with van der Waals surface area (Å²) < 4.78 is 5.07. The van der Waals surface area contributed by atoms with Crippen molar-refractivity contribution < 1.29 is 14.6 Å². The molecule has 0 bridgehead atoms. The molecular weight excluding hydrogens is 304 g/mol. The van der Waals surface area contributed by atoms with Crippen LogP contribution < -0.4 is 4.90 Å². The molecule has 1 fully saturated rings. The first-order valence-corrected chi connectivity index (χ1v) is 8.19. The van der Waals surface area contributed by atoms with E-state index in [2.05, 4.69) is 4.90 Å². The summed E-state index contributed by atoms with van der Waals surface area (Å²) in [5.41, 5.74) is 1.97. The Kier molecular flexibility index (Phi) is 5.01. The van der Waals surface area contributed by atoms with E-state index in [1.807, 2.05) is 60.7 Å². The smallest absolute Gasteiger partial charge is 0.409 e. The highest BCUT2D eigenvalue weighted by Crippen LogP contribution is 2.31. The molecule has 0 saturated carbocycles. The highest BCUT2D eigenvalue weighted by molar-refractivity contribution is 5.70. The second kappa shape index (κ2) is 7.36. The average Bonchev–Trinajstić information content (AvgIpc) is 2.99. The number of nitrogens with zero attached hydrogens (tertiary/aromatic N) is 2. The molecule has 1 aliphatic heterocycles. The average molecular weight is 326 g/mol. The molecule has 1 N–H and O–H groups in total. The Labute approximate surface area is 142 Å². The normalized spacial score (nSPS) is 20.0. The number of likely N-dealkylation sites (tertiary alicyclic amines) is 1. The third-order valence-corrected chi connectivity index (χ3v) is 4.19. The Morgan fingerprint density at radius 2 is 1.62 bits per heavy atom. The van der Waals surface area contributed by atoms with Gasteiger partial charge in [0.05, 0.1) is 25.3 Å². The van der Waals surface area contributed by atoms with Gasteiger partial charge in [0.25, 0.3) is 0 Å². The zero-order chi connectivity index (χ0) is 16.9. The van der Waals surface area contributed by atoms with E-state index in [9.17, 15) is 9.90 Å². The fourth-order valence-corrected chi connectivity index (χ4v) is 3.10.